The molecule has 2 heterocycles. The Morgan fingerprint density at radius 2 is 1.39 bits per heavy atom. The van der Waals surface area contributed by atoms with Gasteiger partial charge in [-0.1, -0.05) is 15.9 Å². The van der Waals surface area contributed by atoms with Crippen LogP contribution in [0.25, 0.3) is 0 Å². The Bertz CT molecular complexity index is 934. The lowest BCUT2D eigenvalue weighted by atomic mass is 10.00. The maximum atomic E-state index is 12.9. The standard InChI is InChI=1S/C21H20BrN3O3/c22-17-5-1-14(2-6-17)20(27)24-9-11-25(12-10-24)21(28)16-3-7-18-15(13-16)4-8-19(26)23-18/h1-3,5-7,13H,4,8-12H2,(H,23,26). The Labute approximate surface area is 171 Å². The molecule has 0 unspecified atom stereocenters. The number of anilines is 1. The van der Waals surface area contributed by atoms with Crippen LogP contribution in [0.1, 0.15) is 32.7 Å². The smallest absolute Gasteiger partial charge is 0.253 e. The van der Waals surface area contributed by atoms with E-state index in [1.54, 1.807) is 34.1 Å². The monoisotopic (exact) mass is 441 g/mol. The van der Waals surface area contributed by atoms with E-state index in [9.17, 15) is 14.4 Å². The molecule has 0 aliphatic carbocycles. The van der Waals surface area contributed by atoms with Crippen molar-refractivity contribution in [1.29, 1.82) is 0 Å². The Balaban J connectivity index is 1.39. The van der Waals surface area contributed by atoms with E-state index in [0.29, 0.717) is 50.1 Å². The van der Waals surface area contributed by atoms with E-state index in [1.807, 2.05) is 18.2 Å². The summed E-state index contributed by atoms with van der Waals surface area (Å²) in [6, 6.07) is 12.7. The molecular formula is C21H20BrN3O3. The van der Waals surface area contributed by atoms with Crippen LogP contribution in [0.2, 0.25) is 0 Å². The lowest BCUT2D eigenvalue weighted by Crippen LogP contribution is -2.50. The van der Waals surface area contributed by atoms with Gasteiger partial charge in [-0.25, -0.2) is 0 Å². The van der Waals surface area contributed by atoms with Crippen LogP contribution in [-0.4, -0.2) is 53.7 Å². The van der Waals surface area contributed by atoms with E-state index in [0.717, 1.165) is 15.7 Å². The summed E-state index contributed by atoms with van der Waals surface area (Å²) in [6.07, 6.45) is 1.10. The molecular weight excluding hydrogens is 422 g/mol. The molecule has 0 radical (unpaired) electrons. The van der Waals surface area contributed by atoms with Gasteiger partial charge in [-0.3, -0.25) is 14.4 Å². The number of aryl methyl sites for hydroxylation is 1. The van der Waals surface area contributed by atoms with Crippen molar-refractivity contribution in [1.82, 2.24) is 9.80 Å². The number of piperazine rings is 1. The van der Waals surface area contributed by atoms with Crippen molar-refractivity contribution in [3.8, 4) is 0 Å². The average molecular weight is 442 g/mol. The minimum Gasteiger partial charge on any atom is -0.335 e. The third-order valence-corrected chi connectivity index (χ3v) is 5.72. The van der Waals surface area contributed by atoms with Gasteiger partial charge in [0.25, 0.3) is 11.8 Å². The highest BCUT2D eigenvalue weighted by Crippen LogP contribution is 2.24. The Hall–Kier alpha value is -2.67. The number of halogens is 1. The second-order valence-electron chi connectivity index (χ2n) is 7.01. The van der Waals surface area contributed by atoms with Gasteiger partial charge in [-0.2, -0.15) is 0 Å². The molecule has 1 N–H and O–H groups in total. The molecule has 144 valence electrons. The zero-order valence-electron chi connectivity index (χ0n) is 15.3. The predicted octanol–water partition coefficient (Wildman–Crippen LogP) is 2.93. The molecule has 28 heavy (non-hydrogen) atoms. The van der Waals surface area contributed by atoms with E-state index in [2.05, 4.69) is 21.2 Å². The number of fused-ring (bicyclic) bond motifs is 1. The summed E-state index contributed by atoms with van der Waals surface area (Å²) in [5, 5.41) is 2.83. The maximum Gasteiger partial charge on any atom is 0.253 e. The van der Waals surface area contributed by atoms with Crippen molar-refractivity contribution in [2.75, 3.05) is 31.5 Å². The summed E-state index contributed by atoms with van der Waals surface area (Å²) < 4.78 is 0.934. The summed E-state index contributed by atoms with van der Waals surface area (Å²) in [6.45, 7) is 2.05. The van der Waals surface area contributed by atoms with E-state index < -0.39 is 0 Å². The van der Waals surface area contributed by atoms with Gasteiger partial charge < -0.3 is 15.1 Å². The van der Waals surface area contributed by atoms with Crippen LogP contribution in [0.3, 0.4) is 0 Å². The lowest BCUT2D eigenvalue weighted by molar-refractivity contribution is -0.116. The minimum atomic E-state index is -0.0320. The third kappa shape index (κ3) is 3.80. The predicted molar refractivity (Wildman–Crippen MR) is 109 cm³/mol. The summed E-state index contributed by atoms with van der Waals surface area (Å²) in [7, 11) is 0. The van der Waals surface area contributed by atoms with E-state index in [1.165, 1.54) is 0 Å². The molecule has 2 aromatic rings. The first-order valence-corrected chi connectivity index (χ1v) is 10.1. The SMILES string of the molecule is O=C1CCc2cc(C(=O)N3CCN(C(=O)c4ccc(Br)cc4)CC3)ccc2N1. The fourth-order valence-electron chi connectivity index (χ4n) is 3.59. The van der Waals surface area contributed by atoms with Gasteiger partial charge in [0.15, 0.2) is 0 Å². The van der Waals surface area contributed by atoms with E-state index in [4.69, 9.17) is 0 Å². The molecule has 0 aromatic heterocycles. The van der Waals surface area contributed by atoms with Crippen LogP contribution in [0, 0.1) is 0 Å². The zero-order valence-corrected chi connectivity index (χ0v) is 16.9. The Morgan fingerprint density at radius 1 is 0.821 bits per heavy atom. The van der Waals surface area contributed by atoms with Crippen molar-refractivity contribution in [3.05, 3.63) is 63.6 Å². The highest BCUT2D eigenvalue weighted by molar-refractivity contribution is 9.10. The fraction of sp³-hybridized carbons (Fsp3) is 0.286. The first-order valence-electron chi connectivity index (χ1n) is 9.28. The van der Waals surface area contributed by atoms with Gasteiger partial charge in [0.05, 0.1) is 0 Å². The molecule has 0 saturated carbocycles. The van der Waals surface area contributed by atoms with Gasteiger partial charge >= 0.3 is 0 Å². The quantitative estimate of drug-likeness (QED) is 0.778. The molecule has 0 atom stereocenters. The molecule has 0 bridgehead atoms. The number of amides is 3. The first kappa shape index (κ1) is 18.7. The van der Waals surface area contributed by atoms with Crippen LogP contribution in [-0.2, 0) is 11.2 Å². The summed E-state index contributed by atoms with van der Waals surface area (Å²) in [5.41, 5.74) is 3.06. The second-order valence-corrected chi connectivity index (χ2v) is 7.93. The van der Waals surface area contributed by atoms with Gasteiger partial charge in [0.1, 0.15) is 0 Å². The molecule has 4 rings (SSSR count). The van der Waals surface area contributed by atoms with Crippen molar-refractivity contribution < 1.29 is 14.4 Å². The Morgan fingerprint density at radius 3 is 2.04 bits per heavy atom. The molecule has 7 heteroatoms. The summed E-state index contributed by atoms with van der Waals surface area (Å²) >= 11 is 3.37. The van der Waals surface area contributed by atoms with Crippen LogP contribution in [0.5, 0.6) is 0 Å². The highest BCUT2D eigenvalue weighted by atomic mass is 79.9. The molecule has 0 spiro atoms. The minimum absolute atomic E-state index is 0.0101. The van der Waals surface area contributed by atoms with Gasteiger partial charge in [-0.05, 0) is 54.4 Å². The maximum absolute atomic E-state index is 12.9. The number of nitrogens with zero attached hydrogens (tertiary/aromatic N) is 2. The number of rotatable bonds is 2. The van der Waals surface area contributed by atoms with Crippen LogP contribution >= 0.6 is 15.9 Å². The topological polar surface area (TPSA) is 69.7 Å². The van der Waals surface area contributed by atoms with Gasteiger partial charge in [0, 0.05) is 53.9 Å². The molecule has 2 aliphatic heterocycles. The van der Waals surface area contributed by atoms with Crippen LogP contribution in [0.4, 0.5) is 5.69 Å². The number of hydrogen-bond acceptors (Lipinski definition) is 3. The summed E-state index contributed by atoms with van der Waals surface area (Å²) in [5.74, 6) is -0.0299. The second kappa shape index (κ2) is 7.75. The number of nitrogens with one attached hydrogen (secondary N) is 1. The number of hydrogen-bond donors (Lipinski definition) is 1. The largest absolute Gasteiger partial charge is 0.335 e. The normalized spacial score (nSPS) is 16.4. The number of carbonyl (C=O) groups excluding carboxylic acids is 3. The van der Waals surface area contributed by atoms with Crippen molar-refractivity contribution in [3.63, 3.8) is 0 Å². The van der Waals surface area contributed by atoms with Gasteiger partial charge in [0.2, 0.25) is 5.91 Å². The average Bonchev–Trinajstić information content (AvgIpc) is 2.73. The molecule has 3 amide bonds. The lowest BCUT2D eigenvalue weighted by Gasteiger charge is -2.35. The summed E-state index contributed by atoms with van der Waals surface area (Å²) in [4.78, 5) is 40.5. The third-order valence-electron chi connectivity index (χ3n) is 5.19. The van der Waals surface area contributed by atoms with Gasteiger partial charge in [-0.15, -0.1) is 0 Å². The van der Waals surface area contributed by atoms with Crippen molar-refractivity contribution >= 4 is 39.3 Å². The van der Waals surface area contributed by atoms with Crippen LogP contribution < -0.4 is 5.32 Å². The highest BCUT2D eigenvalue weighted by Gasteiger charge is 2.26. The van der Waals surface area contributed by atoms with Crippen molar-refractivity contribution in [2.45, 2.75) is 12.8 Å². The molecule has 2 aromatic carbocycles. The van der Waals surface area contributed by atoms with Crippen molar-refractivity contribution in [2.24, 2.45) is 0 Å². The zero-order chi connectivity index (χ0) is 19.7. The van der Waals surface area contributed by atoms with E-state index in [-0.39, 0.29) is 17.7 Å². The first-order chi connectivity index (χ1) is 13.5. The van der Waals surface area contributed by atoms with E-state index >= 15 is 0 Å². The van der Waals surface area contributed by atoms with Crippen LogP contribution in [0.15, 0.2) is 46.9 Å². The molecule has 1 fully saturated rings. The fourth-order valence-corrected chi connectivity index (χ4v) is 3.85. The molecule has 6 nitrogen and oxygen atoms in total. The molecule has 2 aliphatic rings. The molecule has 1 saturated heterocycles. The number of carbonyl (C=O) groups is 3. The Kier molecular flexibility index (Phi) is 5.17. The number of benzene rings is 2.